The second kappa shape index (κ2) is 4.78. The Morgan fingerprint density at radius 1 is 1.20 bits per heavy atom. The molecule has 4 heteroatoms. The quantitative estimate of drug-likeness (QED) is 0.696. The van der Waals surface area contributed by atoms with E-state index in [2.05, 4.69) is 0 Å². The van der Waals surface area contributed by atoms with E-state index in [0.717, 1.165) is 0 Å². The molecule has 0 aliphatic rings. The zero-order valence-corrected chi connectivity index (χ0v) is 7.82. The van der Waals surface area contributed by atoms with E-state index in [1.165, 1.54) is 0 Å². The van der Waals surface area contributed by atoms with Crippen molar-refractivity contribution < 1.29 is 25.1 Å². The van der Waals surface area contributed by atoms with Crippen molar-refractivity contribution in [2.24, 2.45) is 0 Å². The zero-order chi connectivity index (χ0) is 6.69. The van der Waals surface area contributed by atoms with Gasteiger partial charge < -0.3 is 0 Å². The van der Waals surface area contributed by atoms with Crippen molar-refractivity contribution in [2.75, 3.05) is 0 Å². The van der Waals surface area contributed by atoms with Gasteiger partial charge in [0.15, 0.2) is 0 Å². The van der Waals surface area contributed by atoms with E-state index < -0.39 is 14.2 Å². The normalized spacial score (nSPS) is 11.7. The first-order valence-electron chi connectivity index (χ1n) is 2.46. The largest absolute Gasteiger partial charge is 0 e. The molecule has 1 atom stereocenters. The summed E-state index contributed by atoms with van der Waals surface area (Å²) < 4.78 is 19.5. The smallest absolute Gasteiger partial charge is 0 e. The van der Waals surface area contributed by atoms with Crippen LogP contribution in [0, 0.1) is 0 Å². The minimum absolute atomic E-state index is 0. The fourth-order valence-electron chi connectivity index (χ4n) is 0.537. The molecular formula is C6H6FeO2Se. The minimum Gasteiger partial charge on any atom is 0 e. The van der Waals surface area contributed by atoms with Gasteiger partial charge in [-0.2, -0.15) is 0 Å². The molecule has 0 saturated heterocycles. The van der Waals surface area contributed by atoms with Crippen LogP contribution in [0.5, 0.6) is 0 Å². The number of hydrogen-bond acceptors (Lipinski definition) is 1. The van der Waals surface area contributed by atoms with Gasteiger partial charge in [-0.25, -0.2) is 0 Å². The summed E-state index contributed by atoms with van der Waals surface area (Å²) in [4.78, 5) is 0. The summed E-state index contributed by atoms with van der Waals surface area (Å²) in [7, 11) is 0. The fourth-order valence-corrected chi connectivity index (χ4v) is 1.36. The molecule has 1 aromatic carbocycles. The molecule has 56 valence electrons. The third-order valence-electron chi connectivity index (χ3n) is 0.945. The second-order valence-electron chi connectivity index (χ2n) is 1.56. The first-order chi connectivity index (χ1) is 4.30. The molecule has 0 saturated carbocycles. The predicted octanol–water partition coefficient (Wildman–Crippen LogP) is -0.198. The van der Waals surface area contributed by atoms with Gasteiger partial charge in [-0.1, -0.05) is 0 Å². The summed E-state index contributed by atoms with van der Waals surface area (Å²) in [5.41, 5.74) is 0. The molecule has 1 rings (SSSR count). The topological polar surface area (TPSA) is 37.3 Å². The van der Waals surface area contributed by atoms with E-state index in [1.807, 2.05) is 6.07 Å². The Morgan fingerprint density at radius 3 is 2.00 bits per heavy atom. The van der Waals surface area contributed by atoms with Crippen LogP contribution in [0.15, 0.2) is 30.3 Å². The van der Waals surface area contributed by atoms with Crippen LogP contribution >= 0.6 is 0 Å². The fraction of sp³-hybridized carbons (Fsp3) is 0. The van der Waals surface area contributed by atoms with Gasteiger partial charge in [-0.15, -0.1) is 0 Å². The second-order valence-corrected chi connectivity index (χ2v) is 3.60. The van der Waals surface area contributed by atoms with Gasteiger partial charge in [-0.3, -0.25) is 0 Å². The van der Waals surface area contributed by atoms with Gasteiger partial charge in [0.2, 0.25) is 0 Å². The van der Waals surface area contributed by atoms with Gasteiger partial charge >= 0.3 is 57.0 Å². The van der Waals surface area contributed by atoms with Crippen molar-refractivity contribution in [1.82, 2.24) is 0 Å². The standard InChI is InChI=1S/C6H6O2Se.Fe/c7-9(8)6-4-2-1-3-5-6;/h1-5H,(H,7,8);. The average molecular weight is 245 g/mol. The van der Waals surface area contributed by atoms with Gasteiger partial charge in [-0.05, 0) is 0 Å². The van der Waals surface area contributed by atoms with Crippen LogP contribution in [0.1, 0.15) is 0 Å². The maximum absolute atomic E-state index is 10.4. The van der Waals surface area contributed by atoms with Gasteiger partial charge in [0.05, 0.1) is 0 Å². The van der Waals surface area contributed by atoms with Crippen LogP contribution in [0.2, 0.25) is 0 Å². The van der Waals surface area contributed by atoms with Crippen molar-refractivity contribution in [3.63, 3.8) is 0 Å². The first kappa shape index (κ1) is 10.0. The maximum atomic E-state index is 10.4. The van der Waals surface area contributed by atoms with E-state index in [9.17, 15) is 3.83 Å². The summed E-state index contributed by atoms with van der Waals surface area (Å²) >= 11 is -2.66. The van der Waals surface area contributed by atoms with Crippen LogP contribution in [-0.4, -0.2) is 18.4 Å². The van der Waals surface area contributed by atoms with E-state index in [-0.39, 0.29) is 17.1 Å². The number of rotatable bonds is 1. The summed E-state index contributed by atoms with van der Waals surface area (Å²) in [6, 6.07) is 8.62. The molecule has 1 aromatic rings. The van der Waals surface area contributed by atoms with Crippen molar-refractivity contribution in [3.8, 4) is 0 Å². The van der Waals surface area contributed by atoms with E-state index in [1.54, 1.807) is 24.3 Å². The molecule has 0 heterocycles. The Morgan fingerprint density at radius 2 is 1.70 bits per heavy atom. The number of hydrogen-bond donors (Lipinski definition) is 1. The van der Waals surface area contributed by atoms with Gasteiger partial charge in [0.25, 0.3) is 0 Å². The van der Waals surface area contributed by atoms with E-state index >= 15 is 0 Å². The third-order valence-corrected chi connectivity index (χ3v) is 2.36. The molecule has 10 heavy (non-hydrogen) atoms. The van der Waals surface area contributed by atoms with Gasteiger partial charge in [0, 0.05) is 17.1 Å². The summed E-state index contributed by atoms with van der Waals surface area (Å²) in [6.07, 6.45) is 0. The van der Waals surface area contributed by atoms with Crippen LogP contribution in [0.3, 0.4) is 0 Å². The monoisotopic (exact) mass is 246 g/mol. The molecule has 0 amide bonds. The Hall–Kier alpha value is 0.0190. The van der Waals surface area contributed by atoms with E-state index in [0.29, 0.717) is 4.46 Å². The van der Waals surface area contributed by atoms with Gasteiger partial charge in [0.1, 0.15) is 0 Å². The molecule has 0 radical (unpaired) electrons. The molecule has 2 nitrogen and oxygen atoms in total. The molecule has 0 spiro atoms. The van der Waals surface area contributed by atoms with Crippen LogP contribution < -0.4 is 4.46 Å². The molecule has 0 aliphatic carbocycles. The zero-order valence-electron chi connectivity index (χ0n) is 5.00. The molecular weight excluding hydrogens is 239 g/mol. The Balaban J connectivity index is 0.000000810. The first-order valence-corrected chi connectivity index (χ1v) is 4.79. The Kier molecular flexibility index (Phi) is 4.79. The molecule has 0 aromatic heterocycles. The predicted molar refractivity (Wildman–Crippen MR) is 34.7 cm³/mol. The molecule has 0 aliphatic heterocycles. The third kappa shape index (κ3) is 2.73. The molecule has 1 unspecified atom stereocenters. The summed E-state index contributed by atoms with van der Waals surface area (Å²) in [6.45, 7) is 0. The minimum atomic E-state index is -2.66. The maximum Gasteiger partial charge on any atom is 0 e. The van der Waals surface area contributed by atoms with Crippen LogP contribution in [0.25, 0.3) is 0 Å². The number of benzene rings is 1. The SMILES string of the molecule is O=[Se](O)c1ccccc1.[Fe]. The molecule has 0 fully saturated rings. The van der Waals surface area contributed by atoms with E-state index in [4.69, 9.17) is 4.19 Å². The van der Waals surface area contributed by atoms with Crippen molar-refractivity contribution in [1.29, 1.82) is 0 Å². The van der Waals surface area contributed by atoms with Crippen molar-refractivity contribution >= 4 is 18.6 Å². The Labute approximate surface area is 74.1 Å². The van der Waals surface area contributed by atoms with Crippen LogP contribution in [0.4, 0.5) is 0 Å². The Bertz CT molecular complexity index is 212. The molecule has 0 bridgehead atoms. The average Bonchev–Trinajstić information content (AvgIpc) is 1.90. The summed E-state index contributed by atoms with van der Waals surface area (Å²) in [5, 5.41) is 0. The van der Waals surface area contributed by atoms with Crippen LogP contribution in [-0.2, 0) is 20.9 Å². The summed E-state index contributed by atoms with van der Waals surface area (Å²) in [5.74, 6) is 0. The van der Waals surface area contributed by atoms with Crippen molar-refractivity contribution in [3.05, 3.63) is 30.3 Å². The molecule has 1 N–H and O–H groups in total. The van der Waals surface area contributed by atoms with Crippen molar-refractivity contribution in [2.45, 2.75) is 0 Å².